The van der Waals surface area contributed by atoms with Gasteiger partial charge in [-0.15, -0.1) is 0 Å². The molecule has 1 amide bonds. The highest BCUT2D eigenvalue weighted by Crippen LogP contribution is 2.29. The fourth-order valence-electron chi connectivity index (χ4n) is 1.84. The summed E-state index contributed by atoms with van der Waals surface area (Å²) in [6.07, 6.45) is 1.52. The van der Waals surface area contributed by atoms with Gasteiger partial charge in [-0.1, -0.05) is 13.8 Å². The van der Waals surface area contributed by atoms with E-state index < -0.39 is 0 Å². The van der Waals surface area contributed by atoms with E-state index in [1.165, 1.54) is 6.33 Å². The lowest BCUT2D eigenvalue weighted by molar-refractivity contribution is -0.127. The minimum atomic E-state index is 0.0434. The molecule has 0 aromatic carbocycles. The van der Waals surface area contributed by atoms with Crippen molar-refractivity contribution in [3.05, 3.63) is 11.9 Å². The number of nitrogens with zero attached hydrogens (tertiary/aromatic N) is 4. The Bertz CT molecular complexity index is 445. The number of nitrogens with one attached hydrogen (secondary N) is 1. The summed E-state index contributed by atoms with van der Waals surface area (Å²) in [7, 11) is 7.20. The van der Waals surface area contributed by atoms with Crippen LogP contribution < -0.4 is 10.2 Å². The molecule has 0 aliphatic heterocycles. The van der Waals surface area contributed by atoms with Crippen LogP contribution in [0.2, 0.25) is 0 Å². The van der Waals surface area contributed by atoms with Gasteiger partial charge in [-0.25, -0.2) is 9.97 Å². The first-order valence-corrected chi connectivity index (χ1v) is 6.32. The van der Waals surface area contributed by atoms with Crippen LogP contribution in [-0.4, -0.2) is 55.5 Å². The van der Waals surface area contributed by atoms with Gasteiger partial charge in [0.05, 0.1) is 6.54 Å². The van der Waals surface area contributed by atoms with E-state index in [1.54, 1.807) is 19.0 Å². The second-order valence-electron chi connectivity index (χ2n) is 5.01. The topological polar surface area (TPSA) is 61.4 Å². The zero-order valence-electron chi connectivity index (χ0n) is 12.6. The largest absolute Gasteiger partial charge is 0.373 e. The number of rotatable bonds is 5. The Balaban J connectivity index is 3.08. The Morgan fingerprint density at radius 2 is 1.95 bits per heavy atom. The molecular formula is C13H23N5O. The molecule has 6 nitrogen and oxygen atoms in total. The van der Waals surface area contributed by atoms with Gasteiger partial charge in [0.1, 0.15) is 18.0 Å². The molecule has 0 radical (unpaired) electrons. The highest BCUT2D eigenvalue weighted by molar-refractivity contribution is 5.81. The van der Waals surface area contributed by atoms with E-state index in [1.807, 2.05) is 19.0 Å². The molecule has 1 aromatic rings. The maximum atomic E-state index is 11.8. The lowest BCUT2D eigenvalue weighted by atomic mass is 10.0. The molecule has 0 aliphatic carbocycles. The first-order chi connectivity index (χ1) is 8.88. The summed E-state index contributed by atoms with van der Waals surface area (Å²) in [6, 6.07) is 0. The Hall–Kier alpha value is -1.85. The average Bonchev–Trinajstić information content (AvgIpc) is 2.37. The Morgan fingerprint density at radius 3 is 2.42 bits per heavy atom. The summed E-state index contributed by atoms with van der Waals surface area (Å²) in [5.41, 5.74) is 1.03. The maximum Gasteiger partial charge on any atom is 0.241 e. The summed E-state index contributed by atoms with van der Waals surface area (Å²) in [5, 5.41) is 3.08. The summed E-state index contributed by atoms with van der Waals surface area (Å²) in [4.78, 5) is 23.8. The molecule has 1 rings (SSSR count). The van der Waals surface area contributed by atoms with Crippen LogP contribution in [-0.2, 0) is 4.79 Å². The lowest BCUT2D eigenvalue weighted by Crippen LogP contribution is -2.35. The van der Waals surface area contributed by atoms with Crippen LogP contribution in [0.15, 0.2) is 6.33 Å². The molecule has 0 aliphatic rings. The summed E-state index contributed by atoms with van der Waals surface area (Å²) >= 11 is 0. The van der Waals surface area contributed by atoms with Crippen molar-refractivity contribution in [3.63, 3.8) is 0 Å². The van der Waals surface area contributed by atoms with E-state index in [0.29, 0.717) is 6.54 Å². The Kier molecular flexibility index (Phi) is 5.09. The predicted octanol–water partition coefficient (Wildman–Crippen LogP) is 1.17. The first kappa shape index (κ1) is 15.2. The molecule has 1 aromatic heterocycles. The highest BCUT2D eigenvalue weighted by Gasteiger charge is 2.19. The van der Waals surface area contributed by atoms with E-state index >= 15 is 0 Å². The zero-order chi connectivity index (χ0) is 14.6. The van der Waals surface area contributed by atoms with Crippen molar-refractivity contribution in [3.8, 4) is 0 Å². The molecule has 0 saturated heterocycles. The molecular weight excluding hydrogens is 242 g/mol. The number of carbonyl (C=O) groups excluding carboxylic acids is 1. The fourth-order valence-corrected chi connectivity index (χ4v) is 1.84. The molecule has 0 bridgehead atoms. The molecule has 1 heterocycles. The highest BCUT2D eigenvalue weighted by atomic mass is 16.2. The van der Waals surface area contributed by atoms with Gasteiger partial charge in [-0.3, -0.25) is 4.79 Å². The van der Waals surface area contributed by atoms with E-state index in [2.05, 4.69) is 29.1 Å². The van der Waals surface area contributed by atoms with Crippen LogP contribution in [0.4, 0.5) is 11.6 Å². The number of hydrogen-bond donors (Lipinski definition) is 1. The normalized spacial score (nSPS) is 10.5. The third-order valence-corrected chi connectivity index (χ3v) is 2.91. The molecule has 0 spiro atoms. The van der Waals surface area contributed by atoms with E-state index in [0.717, 1.165) is 17.2 Å². The number of likely N-dealkylation sites (N-methyl/N-ethyl adjacent to an activating group) is 2. The summed E-state index contributed by atoms with van der Waals surface area (Å²) in [5.74, 6) is 1.92. The third kappa shape index (κ3) is 3.56. The van der Waals surface area contributed by atoms with E-state index in [-0.39, 0.29) is 11.8 Å². The SMILES string of the molecule is CNc1ncnc(N(C)CC(=O)N(C)C)c1C(C)C. The maximum absolute atomic E-state index is 11.8. The first-order valence-electron chi connectivity index (χ1n) is 6.32. The molecule has 0 saturated carbocycles. The minimum Gasteiger partial charge on any atom is -0.373 e. The van der Waals surface area contributed by atoms with Crippen LogP contribution in [0.1, 0.15) is 25.3 Å². The number of amides is 1. The summed E-state index contributed by atoms with van der Waals surface area (Å²) < 4.78 is 0. The van der Waals surface area contributed by atoms with Crippen molar-refractivity contribution >= 4 is 17.5 Å². The van der Waals surface area contributed by atoms with Crippen molar-refractivity contribution in [2.24, 2.45) is 0 Å². The van der Waals surface area contributed by atoms with Gasteiger partial charge in [0.25, 0.3) is 0 Å². The monoisotopic (exact) mass is 265 g/mol. The number of carbonyl (C=O) groups is 1. The molecule has 0 fully saturated rings. The molecule has 0 atom stereocenters. The quantitative estimate of drug-likeness (QED) is 0.866. The number of anilines is 2. The van der Waals surface area contributed by atoms with Gasteiger partial charge in [0.2, 0.25) is 5.91 Å². The van der Waals surface area contributed by atoms with Crippen molar-refractivity contribution in [1.29, 1.82) is 0 Å². The number of hydrogen-bond acceptors (Lipinski definition) is 5. The van der Waals surface area contributed by atoms with Gasteiger partial charge < -0.3 is 15.1 Å². The van der Waals surface area contributed by atoms with Crippen LogP contribution >= 0.6 is 0 Å². The third-order valence-electron chi connectivity index (χ3n) is 2.91. The second kappa shape index (κ2) is 6.36. The van der Waals surface area contributed by atoms with Gasteiger partial charge in [0.15, 0.2) is 0 Å². The molecule has 0 unspecified atom stereocenters. The second-order valence-corrected chi connectivity index (χ2v) is 5.01. The Labute approximate surface area is 114 Å². The van der Waals surface area contributed by atoms with Crippen LogP contribution in [0.3, 0.4) is 0 Å². The van der Waals surface area contributed by atoms with E-state index in [4.69, 9.17) is 0 Å². The van der Waals surface area contributed by atoms with Gasteiger partial charge in [0, 0.05) is 33.8 Å². The number of aromatic nitrogens is 2. The molecule has 19 heavy (non-hydrogen) atoms. The van der Waals surface area contributed by atoms with Gasteiger partial charge in [-0.2, -0.15) is 0 Å². The predicted molar refractivity (Wildman–Crippen MR) is 77.6 cm³/mol. The molecule has 1 N–H and O–H groups in total. The average molecular weight is 265 g/mol. The van der Waals surface area contributed by atoms with Crippen molar-refractivity contribution < 1.29 is 4.79 Å². The minimum absolute atomic E-state index is 0.0434. The summed E-state index contributed by atoms with van der Waals surface area (Å²) in [6.45, 7) is 4.47. The van der Waals surface area contributed by atoms with Gasteiger partial charge >= 0.3 is 0 Å². The fraction of sp³-hybridized carbons (Fsp3) is 0.615. The van der Waals surface area contributed by atoms with Crippen molar-refractivity contribution in [2.45, 2.75) is 19.8 Å². The Morgan fingerprint density at radius 1 is 1.32 bits per heavy atom. The molecule has 106 valence electrons. The van der Waals surface area contributed by atoms with Crippen molar-refractivity contribution in [2.75, 3.05) is 45.0 Å². The van der Waals surface area contributed by atoms with E-state index in [9.17, 15) is 4.79 Å². The van der Waals surface area contributed by atoms with Crippen LogP contribution in [0.25, 0.3) is 0 Å². The molecule has 6 heteroatoms. The standard InChI is InChI=1S/C13H23N5O/c1-9(2)11-12(14-3)15-8-16-13(11)18(6)7-10(19)17(4)5/h8-9H,7H2,1-6H3,(H,14,15,16). The van der Waals surface area contributed by atoms with Gasteiger partial charge in [-0.05, 0) is 5.92 Å². The zero-order valence-corrected chi connectivity index (χ0v) is 12.6. The van der Waals surface area contributed by atoms with Crippen LogP contribution in [0.5, 0.6) is 0 Å². The lowest BCUT2D eigenvalue weighted by Gasteiger charge is -2.24. The van der Waals surface area contributed by atoms with Crippen molar-refractivity contribution in [1.82, 2.24) is 14.9 Å². The smallest absolute Gasteiger partial charge is 0.241 e. The van der Waals surface area contributed by atoms with Crippen LogP contribution in [0, 0.1) is 0 Å².